The number of carbonyl (C=O) groups is 2. The van der Waals surface area contributed by atoms with Gasteiger partial charge in [0.1, 0.15) is 17.5 Å². The molecule has 1 aromatic heterocycles. The molecule has 0 aliphatic heterocycles. The first-order chi connectivity index (χ1) is 19.9. The third-order valence-electron chi connectivity index (χ3n) is 6.69. The highest BCUT2D eigenvalue weighted by Gasteiger charge is 2.23. The van der Waals surface area contributed by atoms with E-state index in [1.54, 1.807) is 30.3 Å². The number of anilines is 1. The molecule has 1 heterocycles. The standard InChI is InChI=1S/C31H38N4O4.C3H8/c1-8-9-10-19(2)18-33-30(37)27-16-26(35-39-27)24-15-23(12-11-20(24)3)34-29(36)25-14-22(31(4,5)6)13-21(17-32)28(25)38-7;1-3-2/h11-16,19H,8-10,18H2,1-7H3,(H,33,37)(H,34,36);3H2,1-2H3. The first-order valence-electron chi connectivity index (χ1n) is 14.7. The molecule has 0 aliphatic rings. The second-order valence-electron chi connectivity index (χ2n) is 11.7. The summed E-state index contributed by atoms with van der Waals surface area (Å²) in [6.45, 7) is 17.1. The Hall–Kier alpha value is -4.12. The molecule has 2 N–H and O–H groups in total. The number of aromatic nitrogens is 1. The van der Waals surface area contributed by atoms with Crippen molar-refractivity contribution in [3.8, 4) is 23.1 Å². The van der Waals surface area contributed by atoms with Gasteiger partial charge in [-0.25, -0.2) is 0 Å². The van der Waals surface area contributed by atoms with E-state index in [1.807, 2.05) is 33.8 Å². The summed E-state index contributed by atoms with van der Waals surface area (Å²) in [6, 6.07) is 12.7. The van der Waals surface area contributed by atoms with E-state index in [4.69, 9.17) is 9.26 Å². The Kier molecular flexibility index (Phi) is 12.8. The number of rotatable bonds is 10. The van der Waals surface area contributed by atoms with Gasteiger partial charge in [0, 0.05) is 23.9 Å². The Morgan fingerprint density at radius 1 is 1.10 bits per heavy atom. The molecule has 0 saturated heterocycles. The number of nitriles is 1. The van der Waals surface area contributed by atoms with Gasteiger partial charge in [-0.2, -0.15) is 5.26 Å². The molecule has 2 amide bonds. The zero-order valence-electron chi connectivity index (χ0n) is 26.6. The zero-order valence-corrected chi connectivity index (χ0v) is 26.6. The van der Waals surface area contributed by atoms with Crippen LogP contribution in [0.3, 0.4) is 0 Å². The number of methoxy groups -OCH3 is 1. The van der Waals surface area contributed by atoms with Crippen molar-refractivity contribution in [3.05, 3.63) is 64.4 Å². The van der Waals surface area contributed by atoms with E-state index in [0.29, 0.717) is 29.4 Å². The van der Waals surface area contributed by atoms with Crippen LogP contribution in [0.15, 0.2) is 40.9 Å². The Labute approximate surface area is 250 Å². The van der Waals surface area contributed by atoms with Gasteiger partial charge in [0.2, 0.25) is 5.76 Å². The van der Waals surface area contributed by atoms with E-state index in [1.165, 1.54) is 13.5 Å². The number of benzene rings is 2. The molecule has 42 heavy (non-hydrogen) atoms. The van der Waals surface area contributed by atoms with E-state index in [9.17, 15) is 14.9 Å². The Bertz CT molecular complexity index is 1400. The van der Waals surface area contributed by atoms with E-state index >= 15 is 0 Å². The molecule has 0 fully saturated rings. The predicted molar refractivity (Wildman–Crippen MR) is 168 cm³/mol. The highest BCUT2D eigenvalue weighted by atomic mass is 16.5. The van der Waals surface area contributed by atoms with E-state index < -0.39 is 5.91 Å². The third kappa shape index (κ3) is 9.20. The number of unbranched alkanes of at least 4 members (excludes halogenated alkanes) is 1. The Balaban J connectivity index is 0.00000197. The topological polar surface area (TPSA) is 117 Å². The highest BCUT2D eigenvalue weighted by molar-refractivity contribution is 6.07. The van der Waals surface area contributed by atoms with E-state index in [2.05, 4.69) is 49.6 Å². The Morgan fingerprint density at radius 3 is 2.38 bits per heavy atom. The number of hydrogen-bond donors (Lipinski definition) is 2. The van der Waals surface area contributed by atoms with Crippen molar-refractivity contribution in [1.29, 1.82) is 5.26 Å². The van der Waals surface area contributed by atoms with Crippen LogP contribution in [0.5, 0.6) is 5.75 Å². The fourth-order valence-corrected chi connectivity index (χ4v) is 4.23. The molecule has 0 bridgehead atoms. The van der Waals surface area contributed by atoms with Crippen LogP contribution in [0.25, 0.3) is 11.3 Å². The van der Waals surface area contributed by atoms with Gasteiger partial charge in [-0.3, -0.25) is 9.59 Å². The van der Waals surface area contributed by atoms with Gasteiger partial charge in [0.15, 0.2) is 0 Å². The normalized spacial score (nSPS) is 11.5. The summed E-state index contributed by atoms with van der Waals surface area (Å²) in [7, 11) is 1.44. The molecule has 0 saturated carbocycles. The molecule has 1 unspecified atom stereocenters. The minimum absolute atomic E-state index is 0.134. The van der Waals surface area contributed by atoms with E-state index in [-0.39, 0.29) is 28.4 Å². The van der Waals surface area contributed by atoms with Crippen LogP contribution in [0.2, 0.25) is 0 Å². The molecule has 8 heteroatoms. The highest BCUT2D eigenvalue weighted by Crippen LogP contribution is 2.33. The fourth-order valence-electron chi connectivity index (χ4n) is 4.23. The van der Waals surface area contributed by atoms with Crippen LogP contribution in [0.4, 0.5) is 5.69 Å². The molecule has 1 atom stereocenters. The molecule has 0 aliphatic carbocycles. The van der Waals surface area contributed by atoms with Crippen molar-refractivity contribution in [2.24, 2.45) is 5.92 Å². The second kappa shape index (κ2) is 15.8. The maximum absolute atomic E-state index is 13.4. The fraction of sp³-hybridized carbons (Fsp3) is 0.471. The number of ether oxygens (including phenoxy) is 1. The summed E-state index contributed by atoms with van der Waals surface area (Å²) in [5, 5.41) is 19.6. The zero-order chi connectivity index (χ0) is 31.4. The summed E-state index contributed by atoms with van der Waals surface area (Å²) < 4.78 is 10.8. The average molecular weight is 575 g/mol. The van der Waals surface area contributed by atoms with Crippen molar-refractivity contribution in [1.82, 2.24) is 10.5 Å². The monoisotopic (exact) mass is 574 g/mol. The summed E-state index contributed by atoms with van der Waals surface area (Å²) in [6.07, 6.45) is 4.56. The second-order valence-corrected chi connectivity index (χ2v) is 11.7. The molecule has 0 spiro atoms. The summed E-state index contributed by atoms with van der Waals surface area (Å²) in [5.74, 6) is 0.0339. The molecule has 3 rings (SSSR count). The SMILES string of the molecule is CCC.CCCCC(C)CNC(=O)c1cc(-c2cc(NC(=O)c3cc(C(C)(C)C)cc(C#N)c3OC)ccc2C)no1. The lowest BCUT2D eigenvalue weighted by molar-refractivity contribution is 0.0910. The van der Waals surface area contributed by atoms with Crippen LogP contribution in [0, 0.1) is 24.2 Å². The summed E-state index contributed by atoms with van der Waals surface area (Å²) >= 11 is 0. The molecule has 8 nitrogen and oxygen atoms in total. The first kappa shape index (κ1) is 34.1. The van der Waals surface area contributed by atoms with Crippen molar-refractivity contribution in [3.63, 3.8) is 0 Å². The lowest BCUT2D eigenvalue weighted by atomic mass is 9.84. The summed E-state index contributed by atoms with van der Waals surface area (Å²) in [4.78, 5) is 26.0. The minimum Gasteiger partial charge on any atom is -0.495 e. The quantitative estimate of drug-likeness (QED) is 0.253. The molecular weight excluding hydrogens is 528 g/mol. The smallest absolute Gasteiger partial charge is 0.289 e. The Morgan fingerprint density at radius 2 is 1.79 bits per heavy atom. The number of hydrogen-bond acceptors (Lipinski definition) is 6. The van der Waals surface area contributed by atoms with Crippen molar-refractivity contribution in [2.45, 2.75) is 86.5 Å². The van der Waals surface area contributed by atoms with Crippen LogP contribution in [-0.2, 0) is 5.41 Å². The maximum Gasteiger partial charge on any atom is 0.289 e. The largest absolute Gasteiger partial charge is 0.495 e. The minimum atomic E-state index is -0.401. The molecule has 2 aromatic carbocycles. The molecule has 226 valence electrons. The number of carbonyl (C=O) groups excluding carboxylic acids is 2. The molecule has 3 aromatic rings. The first-order valence-corrected chi connectivity index (χ1v) is 14.7. The van der Waals surface area contributed by atoms with Gasteiger partial charge in [-0.1, -0.05) is 79.0 Å². The van der Waals surface area contributed by atoms with Crippen molar-refractivity contribution >= 4 is 17.5 Å². The van der Waals surface area contributed by atoms with Gasteiger partial charge in [-0.05, 0) is 60.1 Å². The van der Waals surface area contributed by atoms with Gasteiger partial charge < -0.3 is 19.9 Å². The third-order valence-corrected chi connectivity index (χ3v) is 6.69. The van der Waals surface area contributed by atoms with Gasteiger partial charge in [0.25, 0.3) is 11.8 Å². The summed E-state index contributed by atoms with van der Waals surface area (Å²) in [5.41, 5.74) is 3.80. The maximum atomic E-state index is 13.4. The van der Waals surface area contributed by atoms with Crippen LogP contribution >= 0.6 is 0 Å². The van der Waals surface area contributed by atoms with Gasteiger partial charge in [-0.15, -0.1) is 0 Å². The average Bonchev–Trinajstić information content (AvgIpc) is 3.45. The molecular formula is C34H46N4O4. The predicted octanol–water partition coefficient (Wildman–Crippen LogP) is 8.05. The van der Waals surface area contributed by atoms with Crippen LogP contribution < -0.4 is 15.4 Å². The molecule has 0 radical (unpaired) electrons. The lowest BCUT2D eigenvalue weighted by Crippen LogP contribution is -2.27. The van der Waals surface area contributed by atoms with Crippen molar-refractivity contribution in [2.75, 3.05) is 19.0 Å². The van der Waals surface area contributed by atoms with E-state index in [0.717, 1.165) is 36.0 Å². The lowest BCUT2D eigenvalue weighted by Gasteiger charge is -2.22. The van der Waals surface area contributed by atoms with Gasteiger partial charge in [0.05, 0.1) is 18.2 Å². The van der Waals surface area contributed by atoms with Crippen LogP contribution in [0.1, 0.15) is 112 Å². The number of amides is 2. The van der Waals surface area contributed by atoms with Crippen molar-refractivity contribution < 1.29 is 18.8 Å². The van der Waals surface area contributed by atoms with Gasteiger partial charge >= 0.3 is 0 Å². The number of aryl methyl sites for hydroxylation is 1. The van der Waals surface area contributed by atoms with Crippen LogP contribution in [-0.4, -0.2) is 30.6 Å². The number of nitrogens with zero attached hydrogens (tertiary/aromatic N) is 2. The number of nitrogens with one attached hydrogen (secondary N) is 2.